The van der Waals surface area contributed by atoms with E-state index in [-0.39, 0.29) is 38.9 Å². The third kappa shape index (κ3) is 15.1. The molecule has 1 aromatic rings. The summed E-state index contributed by atoms with van der Waals surface area (Å²) >= 11 is 11.3. The molecule has 2 heterocycles. The maximum atomic E-state index is 10.5. The maximum absolute atomic E-state index is 10.5. The van der Waals surface area contributed by atoms with E-state index in [0.29, 0.717) is 6.04 Å². The first-order valence-corrected chi connectivity index (χ1v) is 12.1. The van der Waals surface area contributed by atoms with Gasteiger partial charge >= 0.3 is 29.0 Å². The Bertz CT molecular complexity index is 820. The first-order valence-electron chi connectivity index (χ1n) is 11.2. The van der Waals surface area contributed by atoms with Crippen molar-refractivity contribution in [3.63, 3.8) is 0 Å². The number of aliphatic carboxylic acids is 1. The van der Waals surface area contributed by atoms with E-state index in [0.717, 1.165) is 63.9 Å². The molecule has 0 amide bonds. The van der Waals surface area contributed by atoms with Crippen molar-refractivity contribution >= 4 is 35.1 Å². The van der Waals surface area contributed by atoms with Crippen LogP contribution in [-0.2, 0) is 21.9 Å². The summed E-state index contributed by atoms with van der Waals surface area (Å²) in [7, 11) is 0. The minimum atomic E-state index is -0.995. The number of nitrogens with zero attached hydrogens (tertiary/aromatic N) is 2. The van der Waals surface area contributed by atoms with Gasteiger partial charge in [-0.25, -0.2) is 4.79 Å². The number of carboxylic acid groups (broad SMARTS) is 2. The zero-order chi connectivity index (χ0) is 25.3. The summed E-state index contributed by atoms with van der Waals surface area (Å²) in [6, 6.07) is 6.78. The van der Waals surface area contributed by atoms with Gasteiger partial charge in [0, 0.05) is 17.1 Å². The molecule has 2 atom stereocenters. The molecule has 0 aromatic heterocycles. The second-order valence-corrected chi connectivity index (χ2v) is 8.89. The molecule has 1 saturated carbocycles. The average molecular weight is 577 g/mol. The number of halogens is 2. The number of alkyl halides is 1. The maximum Gasteiger partial charge on any atom is 2.00 e. The number of carboxylic acids is 2. The summed E-state index contributed by atoms with van der Waals surface area (Å²) in [6.45, 7) is 2.71. The van der Waals surface area contributed by atoms with Crippen molar-refractivity contribution in [2.45, 2.75) is 49.9 Å². The van der Waals surface area contributed by atoms with Gasteiger partial charge in [-0.05, 0) is 25.0 Å². The van der Waals surface area contributed by atoms with Gasteiger partial charge in [-0.3, -0.25) is 4.79 Å². The fraction of sp³-hybridized carbons (Fsp3) is 0.500. The summed E-state index contributed by atoms with van der Waals surface area (Å²) in [5.41, 5.74) is 11.9. The smallest absolute Gasteiger partial charge is 0.687 e. The van der Waals surface area contributed by atoms with Crippen molar-refractivity contribution in [3.8, 4) is 0 Å². The molecule has 1 aliphatic carbocycles. The summed E-state index contributed by atoms with van der Waals surface area (Å²) < 4.78 is 0. The third-order valence-corrected chi connectivity index (χ3v) is 6.08. The van der Waals surface area contributed by atoms with Crippen LogP contribution >= 0.6 is 23.2 Å². The predicted octanol–water partition coefficient (Wildman–Crippen LogP) is 5.12. The molecule has 6 N–H and O–H groups in total. The van der Waals surface area contributed by atoms with Crippen molar-refractivity contribution in [2.75, 3.05) is 19.6 Å². The largest absolute Gasteiger partial charge is 2.00 e. The number of aromatic carboxylic acids is 1. The fourth-order valence-corrected chi connectivity index (χ4v) is 3.80. The van der Waals surface area contributed by atoms with Crippen LogP contribution in [0.3, 0.4) is 0 Å². The zero-order valence-corrected chi connectivity index (χ0v) is 21.9. The Morgan fingerprint density at radius 2 is 1.66 bits per heavy atom. The Morgan fingerprint density at radius 1 is 1.03 bits per heavy atom. The van der Waals surface area contributed by atoms with Crippen LogP contribution in [-0.4, -0.2) is 53.2 Å². The molecule has 1 saturated heterocycles. The van der Waals surface area contributed by atoms with Crippen LogP contribution < -0.4 is 11.5 Å². The molecular weight excluding hydrogens is 543 g/mol. The topological polar surface area (TPSA) is 155 Å². The molecule has 4 rings (SSSR count). The number of hydrogen-bond donors (Lipinski definition) is 4. The molecule has 2 fully saturated rings. The standard InChI is InChI=1S/C7H11ClO2.C7H5ClO2.C5H11N2.C5H7N2.Cu/c2*8-6-4-2-1-3-5(6)7(9)10;2*6-5-1-3-7-4-2-5;/h5-6H,1-4H2,(H,9,10);1-4H,(H,9,10);5H,1-4,6H2;1-3H,4,6H2;/q;;2*-1;+2. The van der Waals surface area contributed by atoms with Gasteiger partial charge in [0.25, 0.3) is 0 Å². The summed E-state index contributed by atoms with van der Waals surface area (Å²) in [6.07, 6.45) is 11.3. The molecule has 0 bridgehead atoms. The van der Waals surface area contributed by atoms with Crippen molar-refractivity contribution in [1.29, 1.82) is 0 Å². The van der Waals surface area contributed by atoms with Crippen LogP contribution in [0.25, 0.3) is 10.6 Å². The summed E-state index contributed by atoms with van der Waals surface area (Å²) in [5, 5.41) is 25.3. The van der Waals surface area contributed by atoms with E-state index < -0.39 is 11.9 Å². The normalized spacial score (nSPS) is 20.9. The predicted molar refractivity (Wildman–Crippen MR) is 138 cm³/mol. The number of hydrogen-bond acceptors (Lipinski definition) is 4. The van der Waals surface area contributed by atoms with Crippen molar-refractivity contribution in [3.05, 3.63) is 69.5 Å². The number of carbonyl (C=O) groups is 2. The van der Waals surface area contributed by atoms with Gasteiger partial charge in [-0.2, -0.15) is 6.20 Å². The van der Waals surface area contributed by atoms with Crippen LogP contribution in [0.5, 0.6) is 0 Å². The molecule has 8 nitrogen and oxygen atoms in total. The Morgan fingerprint density at radius 3 is 2.00 bits per heavy atom. The molecule has 3 aliphatic rings. The molecular formula is C24H34Cl2CuN4O4. The van der Waals surface area contributed by atoms with Gasteiger partial charge in [0.1, 0.15) is 0 Å². The summed E-state index contributed by atoms with van der Waals surface area (Å²) in [4.78, 5) is 20.8. The molecule has 1 aromatic carbocycles. The monoisotopic (exact) mass is 575 g/mol. The second-order valence-electron chi connectivity index (χ2n) is 7.92. The minimum Gasteiger partial charge on any atom is -0.687 e. The van der Waals surface area contributed by atoms with Crippen LogP contribution in [0.2, 0.25) is 5.02 Å². The number of benzene rings is 1. The van der Waals surface area contributed by atoms with Crippen LogP contribution in [0, 0.1) is 5.92 Å². The third-order valence-electron chi connectivity index (χ3n) is 5.22. The van der Waals surface area contributed by atoms with E-state index in [1.807, 2.05) is 6.08 Å². The van der Waals surface area contributed by atoms with Crippen LogP contribution in [0.15, 0.2) is 48.3 Å². The number of rotatable bonds is 2. The zero-order valence-electron chi connectivity index (χ0n) is 19.5. The molecule has 199 valence electrons. The van der Waals surface area contributed by atoms with E-state index in [4.69, 9.17) is 44.9 Å². The van der Waals surface area contributed by atoms with Gasteiger partial charge in [0.2, 0.25) is 0 Å². The summed E-state index contributed by atoms with van der Waals surface area (Å²) in [5.74, 6) is -2.03. The number of allylic oxidation sites excluding steroid dienone is 1. The van der Waals surface area contributed by atoms with Crippen LogP contribution in [0.1, 0.15) is 48.9 Å². The SMILES string of the molecule is NC1=CC[N-]C=C1.NC1CC[N-]CC1.O=C(O)C1CCCCC1Cl.O=C(O)c1ccccc1Cl.[Cu+2]. The van der Waals surface area contributed by atoms with Gasteiger partial charge in [0.15, 0.2) is 0 Å². The number of piperidine rings is 1. The fourth-order valence-electron chi connectivity index (χ4n) is 3.19. The first kappa shape index (κ1) is 33.3. The first-order chi connectivity index (χ1) is 16.2. The quantitative estimate of drug-likeness (QED) is 0.283. The second kappa shape index (κ2) is 19.4. The molecule has 1 radical (unpaired) electrons. The molecule has 11 heteroatoms. The minimum absolute atomic E-state index is 0. The Kier molecular flexibility index (Phi) is 18.5. The molecule has 0 spiro atoms. The Balaban J connectivity index is 0.000000442. The van der Waals surface area contributed by atoms with Crippen molar-refractivity contribution < 1.29 is 36.9 Å². The molecule has 2 aliphatic heterocycles. The Labute approximate surface area is 228 Å². The molecule has 2 unspecified atom stereocenters. The average Bonchev–Trinajstić information content (AvgIpc) is 2.82. The van der Waals surface area contributed by atoms with E-state index in [1.165, 1.54) is 6.07 Å². The van der Waals surface area contributed by atoms with Gasteiger partial charge < -0.3 is 32.3 Å². The van der Waals surface area contributed by atoms with Gasteiger partial charge in [-0.15, -0.1) is 31.2 Å². The number of nitrogens with two attached hydrogens (primary N) is 2. The van der Waals surface area contributed by atoms with E-state index in [1.54, 1.807) is 30.5 Å². The van der Waals surface area contributed by atoms with Crippen molar-refractivity contribution in [1.82, 2.24) is 0 Å². The van der Waals surface area contributed by atoms with Gasteiger partial charge in [-0.1, -0.05) is 61.6 Å². The van der Waals surface area contributed by atoms with Gasteiger partial charge in [0.05, 0.1) is 16.5 Å². The van der Waals surface area contributed by atoms with E-state index in [2.05, 4.69) is 10.6 Å². The van der Waals surface area contributed by atoms with Crippen molar-refractivity contribution in [2.24, 2.45) is 17.4 Å². The van der Waals surface area contributed by atoms with E-state index in [9.17, 15) is 9.59 Å². The van der Waals surface area contributed by atoms with Crippen LogP contribution in [0.4, 0.5) is 0 Å². The molecule has 35 heavy (non-hydrogen) atoms. The van der Waals surface area contributed by atoms with E-state index >= 15 is 0 Å². The Hall–Kier alpha value is -1.74.